The molecule has 0 spiro atoms. The summed E-state index contributed by atoms with van der Waals surface area (Å²) in [5.74, 6) is 11.0. The zero-order chi connectivity index (χ0) is 74.4. The number of methoxy groups -OCH3 is 5. The molecule has 0 aromatic heterocycles. The molecule has 2 bridgehead atoms. The van der Waals surface area contributed by atoms with Gasteiger partial charge in [0, 0.05) is 61.2 Å². The second kappa shape index (κ2) is 42.3. The molecule has 4 heterocycles. The van der Waals surface area contributed by atoms with Gasteiger partial charge in [-0.3, -0.25) is 28.9 Å². The van der Waals surface area contributed by atoms with Crippen molar-refractivity contribution in [2.24, 2.45) is 5.73 Å². The van der Waals surface area contributed by atoms with Gasteiger partial charge in [-0.05, 0) is 113 Å². The molecule has 572 valence electrons. The zero-order valence-electron chi connectivity index (χ0n) is 60.6. The number of hydroxylamine groups is 1. The number of aliphatic hydroxyl groups excluding tert-OH is 4. The number of aliphatic hydroxyl groups is 5. The Morgan fingerprint density at radius 1 is 0.833 bits per heavy atom. The van der Waals surface area contributed by atoms with E-state index in [1.54, 1.807) is 51.7 Å². The highest BCUT2D eigenvalue weighted by molar-refractivity contribution is 14.1. The van der Waals surface area contributed by atoms with Crippen LogP contribution in [0, 0.1) is 34.2 Å². The minimum absolute atomic E-state index is 0.0156. The smallest absolute Gasteiger partial charge is 0.310 e. The first-order valence-corrected chi connectivity index (χ1v) is 39.5. The molecule has 7 rings (SSSR count). The number of halogens is 1. The molecule has 1 aromatic carbocycles. The van der Waals surface area contributed by atoms with E-state index in [0.717, 1.165) is 69.8 Å². The van der Waals surface area contributed by atoms with Gasteiger partial charge in [0.15, 0.2) is 41.8 Å². The Balaban J connectivity index is 1.10. The number of Topliss-reactive ketones (excluding diaryl/α,β-unsaturated/α-hetero) is 2. The second-order valence-corrected chi connectivity index (χ2v) is 31.6. The van der Waals surface area contributed by atoms with Crippen LogP contribution >= 0.6 is 55.9 Å². The van der Waals surface area contributed by atoms with Gasteiger partial charge in [0.25, 0.3) is 0 Å². The molecule has 0 unspecified atom stereocenters. The third-order valence-electron chi connectivity index (χ3n) is 18.8. The summed E-state index contributed by atoms with van der Waals surface area (Å²) in [6.45, 7) is 16.2. The lowest BCUT2D eigenvalue weighted by molar-refractivity contribution is -0.337. The molecule has 4 aliphatic heterocycles. The zero-order valence-corrected chi connectivity index (χ0v) is 65.3. The van der Waals surface area contributed by atoms with Gasteiger partial charge < -0.3 is 93.4 Å². The molecule has 9 N–H and O–H groups in total. The molecule has 1 aromatic rings. The van der Waals surface area contributed by atoms with Crippen LogP contribution in [0.2, 0.25) is 0 Å². The summed E-state index contributed by atoms with van der Waals surface area (Å²) < 4.78 is 74.1. The van der Waals surface area contributed by atoms with Crippen molar-refractivity contribution < 1.29 is 106 Å². The number of ether oxygens (including phenoxy) is 12. The molecule has 26 nitrogen and oxygen atoms in total. The minimum atomic E-state index is -2.05. The van der Waals surface area contributed by atoms with Crippen molar-refractivity contribution in [3.63, 3.8) is 0 Å². The molecule has 4 fully saturated rings. The van der Waals surface area contributed by atoms with Gasteiger partial charge in [-0.2, -0.15) is 5.48 Å². The number of nitrogens with two attached hydrogens (primary N) is 1. The number of likely N-dealkylation sites (N-methyl/N-ethyl adjacent to an activating group) is 1. The number of hydrogen-bond acceptors (Lipinski definition) is 29. The summed E-state index contributed by atoms with van der Waals surface area (Å²) in [6.07, 6.45) is -4.91. The fourth-order valence-electron chi connectivity index (χ4n) is 13.2. The van der Waals surface area contributed by atoms with E-state index in [9.17, 15) is 44.7 Å². The first-order valence-electron chi connectivity index (χ1n) is 35.2. The molecule has 0 saturated carbocycles. The Morgan fingerprint density at radius 3 is 2.20 bits per heavy atom. The van der Waals surface area contributed by atoms with Crippen LogP contribution in [0.15, 0.2) is 34.9 Å². The van der Waals surface area contributed by atoms with Crippen LogP contribution in [-0.4, -0.2) is 254 Å². The number of nitrogens with one attached hydrogen (secondary N) is 2. The minimum Gasteiger partial charge on any atom is -0.492 e. The van der Waals surface area contributed by atoms with Crippen molar-refractivity contribution >= 4 is 78.6 Å². The number of hydrogen-bond donors (Lipinski definition) is 8. The number of fused-ring (bicyclic) bond motifs is 2. The average molecular weight is 1600 g/mol. The molecular formula is C72H107IN4O22S3. The average Bonchev–Trinajstić information content (AvgIpc) is 0.752. The van der Waals surface area contributed by atoms with Crippen molar-refractivity contribution in [1.82, 2.24) is 15.7 Å². The van der Waals surface area contributed by atoms with Gasteiger partial charge in [-0.15, -0.1) is 0 Å². The second-order valence-electron chi connectivity index (χ2n) is 26.3. The van der Waals surface area contributed by atoms with Crippen molar-refractivity contribution in [1.29, 1.82) is 0 Å². The van der Waals surface area contributed by atoms with Crippen molar-refractivity contribution in [3.05, 3.63) is 49.6 Å². The predicted octanol–water partition coefficient (Wildman–Crippen LogP) is 5.92. The van der Waals surface area contributed by atoms with E-state index in [1.165, 1.54) is 57.8 Å². The summed E-state index contributed by atoms with van der Waals surface area (Å²) >= 11 is 2.83. The van der Waals surface area contributed by atoms with Crippen molar-refractivity contribution in [2.45, 2.75) is 252 Å². The highest BCUT2D eigenvalue weighted by Gasteiger charge is 2.52. The standard InChI is InChI=1S/C72H107IN4O22S3/c1-13-77(38-45(78)26-21-17-15-14-16-20-24-31-75-32-25-30-74)48-39-92-54(36-52(48)87-8)97-66-61(83)59(42(5)94-71(66)96-51-27-22-18-19-23-29-72(86)37-50(80)46(34-53(81)88-9)57(51)47(72)28-33-100-102-40(2)3)76-99-55-35-49(79)68(44(7)93-55)101-69(85)56-41(4)58(73)64(67(91-12)63(56)89-10)98-70-62(84)65(90-11)60(82)43(6)95-70/h18-19,28,40,42-44,48-49,51-52,54-55,59-62,65-66,68,70-71,75-76,79,82-84,86H,13-17,20-21,24-26,30-39,74H2,1-12H3/b19-18-,47-28+/t42-,43+,44-,48+,49+,51+,52+,54+,55+,59-,60+,61+,62-,65-,66-,68-,70+,71+,72+/m1/s1. The number of allylic oxidation sites excluding steroid dienone is 2. The Morgan fingerprint density at radius 2 is 1.53 bits per heavy atom. The SMILES string of the molecule is CCN(CC(=O)CCCCCCCCCNCCCN)[C@H]1CO[C@@H](O[C@H]2[C@H](O[C@H]3C#C/C=C\C#C[C@]4(O)CC(=O)C(CC(=O)OC)=C3/C4=C\CSSC(C)C)O[C@H](C)[C@@H](NO[C@H]3C[C@H](O)[C@H](SC(=O)c4c(C)c(I)c(O[C@@H]5O[C@@H](C)[C@H](O)[C@@H](OC)[C@H]5O)c(OC)c4OC)[C@@H](C)O3)[C@@H]2O)C[C@@H]1OC. The number of unbranched alkanes of at least 4 members (excludes halogenated alkanes) is 6. The molecule has 102 heavy (non-hydrogen) atoms. The van der Waals surface area contributed by atoms with E-state index >= 15 is 0 Å². The lowest BCUT2D eigenvalue weighted by Gasteiger charge is -2.47. The highest BCUT2D eigenvalue weighted by atomic mass is 127. The molecule has 2 aliphatic carbocycles. The van der Waals surface area contributed by atoms with Crippen molar-refractivity contribution in [3.8, 4) is 40.9 Å². The number of nitrogens with zero attached hydrogens (tertiary/aromatic N) is 1. The highest BCUT2D eigenvalue weighted by Crippen LogP contribution is 2.49. The maximum absolute atomic E-state index is 14.6. The topological polar surface area (TPSA) is 343 Å². The Bertz CT molecular complexity index is 3150. The van der Waals surface area contributed by atoms with E-state index in [-0.39, 0.29) is 82.6 Å². The van der Waals surface area contributed by atoms with Gasteiger partial charge in [0.05, 0.1) is 104 Å². The number of rotatable bonds is 38. The molecule has 30 heteroatoms. The number of carbonyl (C=O) groups excluding carboxylic acids is 4. The predicted molar refractivity (Wildman–Crippen MR) is 394 cm³/mol. The van der Waals surface area contributed by atoms with Crippen molar-refractivity contribution in [2.75, 3.05) is 80.6 Å². The van der Waals surface area contributed by atoms with Crippen LogP contribution in [0.1, 0.15) is 141 Å². The van der Waals surface area contributed by atoms with Crippen LogP contribution in [0.3, 0.4) is 0 Å². The third-order valence-corrected chi connectivity index (χ3v) is 24.3. The van der Waals surface area contributed by atoms with Crippen LogP contribution in [0.5, 0.6) is 17.2 Å². The monoisotopic (exact) mass is 1600 g/mol. The van der Waals surface area contributed by atoms with Gasteiger partial charge >= 0.3 is 5.97 Å². The molecule has 0 radical (unpaired) electrons. The summed E-state index contributed by atoms with van der Waals surface area (Å²) in [5, 5.41) is 61.3. The fourth-order valence-corrected chi connectivity index (χ4v) is 16.9. The van der Waals surface area contributed by atoms with Gasteiger partial charge in [0.1, 0.15) is 42.4 Å². The van der Waals surface area contributed by atoms with E-state index in [2.05, 4.69) is 39.4 Å². The van der Waals surface area contributed by atoms with E-state index in [4.69, 9.17) is 67.4 Å². The third kappa shape index (κ3) is 22.8. The lowest BCUT2D eigenvalue weighted by Crippen LogP contribution is -2.65. The van der Waals surface area contributed by atoms with Gasteiger partial charge in [-0.1, -0.05) is 116 Å². The van der Waals surface area contributed by atoms with Gasteiger partial charge in [0.2, 0.25) is 17.2 Å². The summed E-state index contributed by atoms with van der Waals surface area (Å²) in [4.78, 5) is 64.1. The molecule has 6 aliphatic rings. The van der Waals surface area contributed by atoms with Crippen LogP contribution in [0.25, 0.3) is 0 Å². The normalized spacial score (nSPS) is 31.8. The number of esters is 1. The Kier molecular flexibility index (Phi) is 35.6. The maximum Gasteiger partial charge on any atom is 0.310 e. The molecular weight excluding hydrogens is 1500 g/mol. The Labute approximate surface area is 626 Å². The molecule has 19 atom stereocenters. The summed E-state index contributed by atoms with van der Waals surface area (Å²) in [5.41, 5.74) is 7.30. The van der Waals surface area contributed by atoms with Crippen LogP contribution in [-0.2, 0) is 61.9 Å². The van der Waals surface area contributed by atoms with Crippen LogP contribution in [0.4, 0.5) is 0 Å². The van der Waals surface area contributed by atoms with E-state index in [0.29, 0.717) is 34.4 Å². The number of carbonyl (C=O) groups is 4. The molecule has 0 amide bonds. The number of ketones is 2. The Hall–Kier alpha value is -3.50. The maximum atomic E-state index is 14.6. The largest absolute Gasteiger partial charge is 0.492 e. The summed E-state index contributed by atoms with van der Waals surface area (Å²) in [6, 6.07) is -1.48. The molecule has 4 saturated heterocycles. The first-order chi connectivity index (χ1) is 48.9. The summed E-state index contributed by atoms with van der Waals surface area (Å²) in [7, 11) is 9.99. The van der Waals surface area contributed by atoms with E-state index < -0.39 is 139 Å². The van der Waals surface area contributed by atoms with Gasteiger partial charge in [-0.25, -0.2) is 0 Å². The number of thioether (sulfide) groups is 1. The van der Waals surface area contributed by atoms with Crippen LogP contribution < -0.4 is 30.7 Å². The lowest BCUT2D eigenvalue weighted by atomic mass is 9.72. The quantitative estimate of drug-likeness (QED) is 0.00951. The van der Waals surface area contributed by atoms with E-state index in [1.807, 2.05) is 43.4 Å². The first kappa shape index (κ1) is 85.7. The fraction of sp³-hybridized carbons (Fsp3) is 0.722. The number of benzene rings is 1.